The fourth-order valence-electron chi connectivity index (χ4n) is 1.56. The van der Waals surface area contributed by atoms with Gasteiger partial charge in [-0.3, -0.25) is 0 Å². The third kappa shape index (κ3) is 4.25. The number of aromatic nitrogens is 2. The SMILES string of the molecule is CCCNCc1ccc(Oc2cc(Br)ccc2F)nn1. The zero-order valence-corrected chi connectivity index (χ0v) is 12.7. The number of nitrogens with one attached hydrogen (secondary N) is 1. The van der Waals surface area contributed by atoms with Gasteiger partial charge in [0.15, 0.2) is 11.6 Å². The van der Waals surface area contributed by atoms with Crippen LogP contribution in [0.3, 0.4) is 0 Å². The zero-order chi connectivity index (χ0) is 14.4. The number of hydrogen-bond donors (Lipinski definition) is 1. The molecule has 0 spiro atoms. The van der Waals surface area contributed by atoms with Crippen LogP contribution in [-0.2, 0) is 6.54 Å². The van der Waals surface area contributed by atoms with Gasteiger partial charge in [-0.05, 0) is 37.2 Å². The molecule has 2 rings (SSSR count). The molecule has 0 unspecified atom stereocenters. The first-order valence-corrected chi connectivity index (χ1v) is 7.14. The maximum atomic E-state index is 13.5. The Balaban J connectivity index is 2.01. The molecule has 106 valence electrons. The molecule has 1 heterocycles. The van der Waals surface area contributed by atoms with Crippen molar-refractivity contribution in [3.63, 3.8) is 0 Å². The first kappa shape index (κ1) is 14.9. The largest absolute Gasteiger partial charge is 0.434 e. The summed E-state index contributed by atoms with van der Waals surface area (Å²) in [6, 6.07) is 7.97. The van der Waals surface area contributed by atoms with E-state index in [1.807, 2.05) is 0 Å². The average Bonchev–Trinajstić information content (AvgIpc) is 2.45. The van der Waals surface area contributed by atoms with Gasteiger partial charge in [0.25, 0.3) is 0 Å². The smallest absolute Gasteiger partial charge is 0.239 e. The van der Waals surface area contributed by atoms with Gasteiger partial charge in [0.2, 0.25) is 5.88 Å². The molecule has 0 atom stereocenters. The van der Waals surface area contributed by atoms with Crippen LogP contribution in [0.25, 0.3) is 0 Å². The highest BCUT2D eigenvalue weighted by Gasteiger charge is 2.07. The van der Waals surface area contributed by atoms with Crippen molar-refractivity contribution in [3.8, 4) is 11.6 Å². The maximum Gasteiger partial charge on any atom is 0.239 e. The van der Waals surface area contributed by atoms with Crippen LogP contribution in [0.2, 0.25) is 0 Å². The average molecular weight is 340 g/mol. The molecule has 0 fully saturated rings. The molecule has 0 bridgehead atoms. The monoisotopic (exact) mass is 339 g/mol. The van der Waals surface area contributed by atoms with Crippen LogP contribution in [-0.4, -0.2) is 16.7 Å². The van der Waals surface area contributed by atoms with E-state index in [0.29, 0.717) is 6.54 Å². The lowest BCUT2D eigenvalue weighted by Crippen LogP contribution is -2.15. The van der Waals surface area contributed by atoms with Gasteiger partial charge in [-0.1, -0.05) is 22.9 Å². The highest BCUT2D eigenvalue weighted by Crippen LogP contribution is 2.26. The van der Waals surface area contributed by atoms with Gasteiger partial charge in [0, 0.05) is 17.1 Å². The van der Waals surface area contributed by atoms with E-state index in [2.05, 4.69) is 38.4 Å². The number of nitrogens with zero attached hydrogens (tertiary/aromatic N) is 2. The summed E-state index contributed by atoms with van der Waals surface area (Å²) >= 11 is 3.27. The highest BCUT2D eigenvalue weighted by atomic mass is 79.9. The van der Waals surface area contributed by atoms with E-state index in [9.17, 15) is 4.39 Å². The quantitative estimate of drug-likeness (QED) is 0.815. The van der Waals surface area contributed by atoms with Crippen molar-refractivity contribution in [1.82, 2.24) is 15.5 Å². The van der Waals surface area contributed by atoms with Gasteiger partial charge < -0.3 is 10.1 Å². The lowest BCUT2D eigenvalue weighted by atomic mass is 10.3. The van der Waals surface area contributed by atoms with Gasteiger partial charge in [-0.2, -0.15) is 5.10 Å². The minimum absolute atomic E-state index is 0.116. The number of halogens is 2. The maximum absolute atomic E-state index is 13.5. The third-order valence-corrected chi connectivity index (χ3v) is 3.03. The summed E-state index contributed by atoms with van der Waals surface area (Å²) in [5.74, 6) is -0.0598. The second kappa shape index (κ2) is 7.31. The van der Waals surface area contributed by atoms with Crippen LogP contribution in [0.5, 0.6) is 11.6 Å². The Kier molecular flexibility index (Phi) is 5.43. The molecule has 2 aromatic rings. The summed E-state index contributed by atoms with van der Waals surface area (Å²) in [4.78, 5) is 0. The van der Waals surface area contributed by atoms with Gasteiger partial charge in [-0.15, -0.1) is 5.10 Å². The predicted molar refractivity (Wildman–Crippen MR) is 78.2 cm³/mol. The summed E-state index contributed by atoms with van der Waals surface area (Å²) in [7, 11) is 0. The second-order valence-corrected chi connectivity index (χ2v) is 5.13. The summed E-state index contributed by atoms with van der Waals surface area (Å²) in [6.07, 6.45) is 1.07. The Morgan fingerprint density at radius 3 is 2.80 bits per heavy atom. The Labute approximate surface area is 125 Å². The van der Waals surface area contributed by atoms with Gasteiger partial charge in [0.1, 0.15) is 0 Å². The molecule has 1 N–H and O–H groups in total. The molecular formula is C14H15BrFN3O. The molecule has 6 heteroatoms. The minimum atomic E-state index is -0.441. The fraction of sp³-hybridized carbons (Fsp3) is 0.286. The van der Waals surface area contributed by atoms with Gasteiger partial charge >= 0.3 is 0 Å². The first-order chi connectivity index (χ1) is 9.69. The lowest BCUT2D eigenvalue weighted by Gasteiger charge is -2.06. The van der Waals surface area contributed by atoms with E-state index in [1.54, 1.807) is 24.3 Å². The van der Waals surface area contributed by atoms with Crippen molar-refractivity contribution >= 4 is 15.9 Å². The van der Waals surface area contributed by atoms with Crippen LogP contribution in [0.1, 0.15) is 19.0 Å². The van der Waals surface area contributed by atoms with Gasteiger partial charge in [-0.25, -0.2) is 4.39 Å². The number of rotatable bonds is 6. The Morgan fingerprint density at radius 2 is 2.10 bits per heavy atom. The van der Waals surface area contributed by atoms with Crippen LogP contribution in [0, 0.1) is 5.82 Å². The standard InChI is InChI=1S/C14H15BrFN3O/c1-2-7-17-9-11-4-6-14(19-18-11)20-13-8-10(15)3-5-12(13)16/h3-6,8,17H,2,7,9H2,1H3. The molecule has 0 saturated heterocycles. The van der Waals surface area contributed by atoms with Crippen LogP contribution >= 0.6 is 15.9 Å². The molecule has 0 aliphatic heterocycles. The molecule has 0 aliphatic rings. The van der Waals surface area contributed by atoms with E-state index in [4.69, 9.17) is 4.74 Å². The van der Waals surface area contributed by atoms with E-state index in [-0.39, 0.29) is 11.6 Å². The van der Waals surface area contributed by atoms with Crippen molar-refractivity contribution in [1.29, 1.82) is 0 Å². The Bertz CT molecular complexity index is 563. The lowest BCUT2D eigenvalue weighted by molar-refractivity contribution is 0.420. The van der Waals surface area contributed by atoms with E-state index < -0.39 is 5.82 Å². The molecule has 0 radical (unpaired) electrons. The molecular weight excluding hydrogens is 325 g/mol. The Hall–Kier alpha value is -1.53. The fourth-order valence-corrected chi connectivity index (χ4v) is 1.90. The zero-order valence-electron chi connectivity index (χ0n) is 11.1. The van der Waals surface area contributed by atoms with Crippen LogP contribution < -0.4 is 10.1 Å². The normalized spacial score (nSPS) is 10.6. The minimum Gasteiger partial charge on any atom is -0.434 e. The van der Waals surface area contributed by atoms with Gasteiger partial charge in [0.05, 0.1) is 5.69 Å². The Morgan fingerprint density at radius 1 is 1.25 bits per heavy atom. The summed E-state index contributed by atoms with van der Waals surface area (Å²) in [6.45, 7) is 3.69. The molecule has 0 aliphatic carbocycles. The second-order valence-electron chi connectivity index (χ2n) is 4.22. The van der Waals surface area contributed by atoms with E-state index in [1.165, 1.54) is 6.07 Å². The van der Waals surface area contributed by atoms with Crippen molar-refractivity contribution in [2.45, 2.75) is 19.9 Å². The molecule has 0 saturated carbocycles. The number of hydrogen-bond acceptors (Lipinski definition) is 4. The summed E-state index contributed by atoms with van der Waals surface area (Å²) in [5.41, 5.74) is 0.820. The van der Waals surface area contributed by atoms with Crippen molar-refractivity contribution in [2.24, 2.45) is 0 Å². The highest BCUT2D eigenvalue weighted by molar-refractivity contribution is 9.10. The van der Waals surface area contributed by atoms with E-state index >= 15 is 0 Å². The number of ether oxygens (including phenoxy) is 1. The van der Waals surface area contributed by atoms with Crippen molar-refractivity contribution < 1.29 is 9.13 Å². The third-order valence-electron chi connectivity index (χ3n) is 2.54. The first-order valence-electron chi connectivity index (χ1n) is 6.35. The number of benzene rings is 1. The van der Waals surface area contributed by atoms with E-state index in [0.717, 1.165) is 23.1 Å². The molecule has 1 aromatic heterocycles. The van der Waals surface area contributed by atoms with Crippen LogP contribution in [0.15, 0.2) is 34.8 Å². The molecule has 1 aromatic carbocycles. The summed E-state index contributed by atoms with van der Waals surface area (Å²) < 4.78 is 19.6. The van der Waals surface area contributed by atoms with Crippen LogP contribution in [0.4, 0.5) is 4.39 Å². The molecule has 20 heavy (non-hydrogen) atoms. The molecule has 0 amide bonds. The molecule has 4 nitrogen and oxygen atoms in total. The van der Waals surface area contributed by atoms with Crippen molar-refractivity contribution in [3.05, 3.63) is 46.3 Å². The predicted octanol–water partition coefficient (Wildman–Crippen LogP) is 3.67. The van der Waals surface area contributed by atoms with Crippen molar-refractivity contribution in [2.75, 3.05) is 6.54 Å². The topological polar surface area (TPSA) is 47.0 Å². The summed E-state index contributed by atoms with van der Waals surface area (Å²) in [5, 5.41) is 11.2.